The largest absolute Gasteiger partial charge is 0.411 e. The molecule has 28 heavy (non-hydrogen) atoms. The van der Waals surface area contributed by atoms with E-state index in [1.54, 1.807) is 45.2 Å². The number of benzene rings is 1. The molecule has 1 fully saturated rings. The summed E-state index contributed by atoms with van der Waals surface area (Å²) < 4.78 is 64.4. The van der Waals surface area contributed by atoms with Crippen LogP contribution in [0.15, 0.2) is 29.3 Å². The van der Waals surface area contributed by atoms with Crippen molar-refractivity contribution in [2.24, 2.45) is 4.99 Å². The van der Waals surface area contributed by atoms with Crippen LogP contribution in [0.2, 0.25) is 0 Å². The monoisotopic (exact) mass is 421 g/mol. The molecule has 1 saturated heterocycles. The third-order valence-corrected chi connectivity index (χ3v) is 7.10. The van der Waals surface area contributed by atoms with Crippen molar-refractivity contribution in [3.8, 4) is 0 Å². The Morgan fingerprint density at radius 1 is 1.25 bits per heavy atom. The molecule has 0 radical (unpaired) electrons. The van der Waals surface area contributed by atoms with Crippen LogP contribution in [0, 0.1) is 0 Å². The highest BCUT2D eigenvalue weighted by atomic mass is 32.2. The molecule has 1 aliphatic heterocycles. The summed E-state index contributed by atoms with van der Waals surface area (Å²) >= 11 is 0. The summed E-state index contributed by atoms with van der Waals surface area (Å²) in [6.45, 7) is 3.23. The Morgan fingerprint density at radius 2 is 1.86 bits per heavy atom. The second-order valence-electron chi connectivity index (χ2n) is 7.33. The van der Waals surface area contributed by atoms with Crippen molar-refractivity contribution < 1.29 is 26.3 Å². The molecule has 10 heteroatoms. The second kappa shape index (κ2) is 8.69. The third-order valence-electron chi connectivity index (χ3n) is 4.56. The Morgan fingerprint density at radius 3 is 2.39 bits per heavy atom. The van der Waals surface area contributed by atoms with Crippen molar-refractivity contribution in [2.75, 3.05) is 32.5 Å². The highest BCUT2D eigenvalue weighted by Crippen LogP contribution is 2.23. The van der Waals surface area contributed by atoms with E-state index in [9.17, 15) is 21.6 Å². The van der Waals surface area contributed by atoms with E-state index in [4.69, 9.17) is 0 Å². The molecule has 0 spiro atoms. The molecule has 0 aromatic heterocycles. The molecule has 158 valence electrons. The van der Waals surface area contributed by atoms with Gasteiger partial charge in [-0.3, -0.25) is 4.99 Å². The number of ether oxygens (including phenoxy) is 1. The average Bonchev–Trinajstić information content (AvgIpc) is 2.58. The van der Waals surface area contributed by atoms with E-state index in [1.165, 1.54) is 0 Å². The fourth-order valence-corrected chi connectivity index (χ4v) is 4.24. The first-order valence-electron chi connectivity index (χ1n) is 8.84. The molecular formula is C18H26F3N3O3S. The zero-order valence-electron chi connectivity index (χ0n) is 16.2. The Kier molecular flexibility index (Phi) is 6.97. The van der Waals surface area contributed by atoms with Crippen molar-refractivity contribution in [2.45, 2.75) is 37.9 Å². The molecule has 6 nitrogen and oxygen atoms in total. The Balaban J connectivity index is 1.88. The number of nitrogens with zero attached hydrogens (tertiary/aromatic N) is 2. The number of halogens is 3. The van der Waals surface area contributed by atoms with E-state index < -0.39 is 27.4 Å². The lowest BCUT2D eigenvalue weighted by Crippen LogP contribution is -2.57. The molecule has 0 aliphatic carbocycles. The van der Waals surface area contributed by atoms with Gasteiger partial charge in [-0.15, -0.1) is 0 Å². The van der Waals surface area contributed by atoms with E-state index >= 15 is 0 Å². The number of sulfone groups is 1. The Labute approximate surface area is 163 Å². The van der Waals surface area contributed by atoms with E-state index in [0.29, 0.717) is 31.2 Å². The van der Waals surface area contributed by atoms with E-state index in [2.05, 4.69) is 15.0 Å². The summed E-state index contributed by atoms with van der Waals surface area (Å²) in [6.07, 6.45) is -4.33. The number of aliphatic imine (C=N–C) groups is 1. The van der Waals surface area contributed by atoms with E-state index in [0.717, 1.165) is 5.56 Å². The lowest BCUT2D eigenvalue weighted by Gasteiger charge is -2.39. The summed E-state index contributed by atoms with van der Waals surface area (Å²) in [5, 5.41) is 3.20. The summed E-state index contributed by atoms with van der Waals surface area (Å²) in [7, 11) is -1.49. The van der Waals surface area contributed by atoms with Crippen LogP contribution < -0.4 is 5.32 Å². The van der Waals surface area contributed by atoms with Crippen LogP contribution in [-0.2, 0) is 27.7 Å². The summed E-state index contributed by atoms with van der Waals surface area (Å²) in [5.74, 6) is 0.688. The van der Waals surface area contributed by atoms with Crippen molar-refractivity contribution in [1.82, 2.24) is 10.2 Å². The molecule has 1 heterocycles. The fraction of sp³-hybridized carbons (Fsp3) is 0.611. The summed E-state index contributed by atoms with van der Waals surface area (Å²) in [5.41, 5.74) is 1.57. The lowest BCUT2D eigenvalue weighted by atomic mass is 10.1. The molecule has 2 rings (SSSR count). The molecule has 0 saturated carbocycles. The highest BCUT2D eigenvalue weighted by Gasteiger charge is 2.40. The van der Waals surface area contributed by atoms with Crippen molar-refractivity contribution in [3.05, 3.63) is 35.4 Å². The number of rotatable bonds is 5. The van der Waals surface area contributed by atoms with Gasteiger partial charge in [0.2, 0.25) is 0 Å². The second-order valence-corrected chi connectivity index (χ2v) is 10.1. The van der Waals surface area contributed by atoms with Crippen LogP contribution in [0.1, 0.15) is 25.0 Å². The van der Waals surface area contributed by atoms with Gasteiger partial charge < -0.3 is 15.0 Å². The smallest absolute Gasteiger partial charge is 0.367 e. The van der Waals surface area contributed by atoms with Crippen LogP contribution in [0.5, 0.6) is 0 Å². The van der Waals surface area contributed by atoms with Gasteiger partial charge in [-0.2, -0.15) is 13.2 Å². The standard InChI is InChI=1S/C18H26F3N3O3S/c1-17(2)12-24(8-9-28(17,25)26)16(22-3)23-10-14-4-6-15(7-5-14)11-27-13-18(19,20)21/h4-7H,8-13H2,1-3H3,(H,22,23). The summed E-state index contributed by atoms with van der Waals surface area (Å²) in [4.78, 5) is 6.15. The minimum absolute atomic E-state index is 0.0767. The number of hydrogen-bond acceptors (Lipinski definition) is 4. The van der Waals surface area contributed by atoms with Gasteiger partial charge in [0.05, 0.1) is 17.1 Å². The zero-order valence-corrected chi connectivity index (χ0v) is 17.0. The number of nitrogens with one attached hydrogen (secondary N) is 1. The average molecular weight is 421 g/mol. The minimum atomic E-state index is -4.33. The van der Waals surface area contributed by atoms with Gasteiger partial charge in [-0.1, -0.05) is 24.3 Å². The zero-order chi connectivity index (χ0) is 21.0. The molecule has 0 bridgehead atoms. The van der Waals surface area contributed by atoms with Crippen molar-refractivity contribution >= 4 is 15.8 Å². The Hall–Kier alpha value is -1.81. The van der Waals surface area contributed by atoms with Crippen LogP contribution in [0.4, 0.5) is 13.2 Å². The SMILES string of the molecule is CN=C(NCc1ccc(COCC(F)(F)F)cc1)N1CCS(=O)(=O)C(C)(C)C1. The first kappa shape index (κ1) is 22.5. The molecule has 0 amide bonds. The molecule has 0 atom stereocenters. The molecule has 1 aliphatic rings. The normalized spacial score (nSPS) is 19.5. The quantitative estimate of drug-likeness (QED) is 0.584. The van der Waals surface area contributed by atoms with Crippen LogP contribution >= 0.6 is 0 Å². The number of hydrogen-bond donors (Lipinski definition) is 1. The van der Waals surface area contributed by atoms with Crippen LogP contribution in [0.25, 0.3) is 0 Å². The lowest BCUT2D eigenvalue weighted by molar-refractivity contribution is -0.176. The molecule has 1 aromatic carbocycles. The molecule has 1 aromatic rings. The molecule has 0 unspecified atom stereocenters. The van der Waals surface area contributed by atoms with Gasteiger partial charge in [0.1, 0.15) is 6.61 Å². The van der Waals surface area contributed by atoms with Gasteiger partial charge in [0.15, 0.2) is 15.8 Å². The molecule has 1 N–H and O–H groups in total. The third kappa shape index (κ3) is 6.10. The van der Waals surface area contributed by atoms with Gasteiger partial charge in [-0.25, -0.2) is 8.42 Å². The maximum atomic E-state index is 12.1. The molecular weight excluding hydrogens is 395 g/mol. The predicted octanol–water partition coefficient (Wildman–Crippen LogP) is 2.35. The van der Waals surface area contributed by atoms with Crippen molar-refractivity contribution in [3.63, 3.8) is 0 Å². The van der Waals surface area contributed by atoms with Gasteiger partial charge in [0.25, 0.3) is 0 Å². The Bertz CT molecular complexity index is 791. The van der Waals surface area contributed by atoms with Crippen LogP contribution in [0.3, 0.4) is 0 Å². The first-order valence-corrected chi connectivity index (χ1v) is 10.5. The maximum absolute atomic E-state index is 12.1. The van der Waals surface area contributed by atoms with Gasteiger partial charge in [-0.05, 0) is 25.0 Å². The number of alkyl halides is 3. The first-order chi connectivity index (χ1) is 12.9. The van der Waals surface area contributed by atoms with Crippen molar-refractivity contribution in [1.29, 1.82) is 0 Å². The topological polar surface area (TPSA) is 71.0 Å². The fourth-order valence-electron chi connectivity index (χ4n) is 2.88. The highest BCUT2D eigenvalue weighted by molar-refractivity contribution is 7.92. The minimum Gasteiger partial charge on any atom is -0.367 e. The van der Waals surface area contributed by atoms with Gasteiger partial charge >= 0.3 is 6.18 Å². The van der Waals surface area contributed by atoms with E-state index in [1.807, 2.05) is 4.90 Å². The van der Waals surface area contributed by atoms with E-state index in [-0.39, 0.29) is 12.4 Å². The predicted molar refractivity (Wildman–Crippen MR) is 102 cm³/mol. The maximum Gasteiger partial charge on any atom is 0.411 e. The number of guanidine groups is 1. The van der Waals surface area contributed by atoms with Gasteiger partial charge in [0, 0.05) is 26.7 Å². The van der Waals surface area contributed by atoms with Crippen LogP contribution in [-0.4, -0.2) is 62.7 Å². The summed E-state index contributed by atoms with van der Waals surface area (Å²) in [6, 6.07) is 7.04.